The summed E-state index contributed by atoms with van der Waals surface area (Å²) in [7, 11) is 0. The van der Waals surface area contributed by atoms with Crippen molar-refractivity contribution in [3.63, 3.8) is 0 Å². The third-order valence-corrected chi connectivity index (χ3v) is 5.05. The standard InChI is InChI=1S/C19H39NO/c1-7-9-15(3)14-21-18-13-16(19(4,5)6)10-11-17(18)20-12-8-2/h15-18,20H,7-14H2,1-6H3. The van der Waals surface area contributed by atoms with Crippen LogP contribution in [0.1, 0.15) is 80.1 Å². The van der Waals surface area contributed by atoms with E-state index in [0.717, 1.165) is 19.1 Å². The lowest BCUT2D eigenvalue weighted by Crippen LogP contribution is -2.48. The first-order valence-corrected chi connectivity index (χ1v) is 9.23. The third kappa shape index (κ3) is 6.69. The molecule has 21 heavy (non-hydrogen) atoms. The van der Waals surface area contributed by atoms with E-state index in [1.165, 1.54) is 38.5 Å². The molecule has 4 unspecified atom stereocenters. The Labute approximate surface area is 133 Å². The van der Waals surface area contributed by atoms with Crippen LogP contribution >= 0.6 is 0 Å². The van der Waals surface area contributed by atoms with E-state index in [9.17, 15) is 0 Å². The summed E-state index contributed by atoms with van der Waals surface area (Å²) in [6.07, 6.45) is 8.00. The second kappa shape index (κ2) is 9.15. The highest BCUT2D eigenvalue weighted by atomic mass is 16.5. The van der Waals surface area contributed by atoms with Gasteiger partial charge in [0.25, 0.3) is 0 Å². The zero-order valence-electron chi connectivity index (χ0n) is 15.4. The first-order valence-electron chi connectivity index (χ1n) is 9.23. The van der Waals surface area contributed by atoms with Gasteiger partial charge in [-0.15, -0.1) is 0 Å². The maximum Gasteiger partial charge on any atom is 0.0731 e. The van der Waals surface area contributed by atoms with Crippen molar-refractivity contribution >= 4 is 0 Å². The number of rotatable bonds is 8. The molecule has 0 radical (unpaired) electrons. The van der Waals surface area contributed by atoms with Crippen LogP contribution in [0.25, 0.3) is 0 Å². The van der Waals surface area contributed by atoms with Crippen molar-refractivity contribution in [1.82, 2.24) is 5.32 Å². The van der Waals surface area contributed by atoms with E-state index in [1.807, 2.05) is 0 Å². The number of ether oxygens (including phenoxy) is 1. The van der Waals surface area contributed by atoms with Crippen LogP contribution in [0.2, 0.25) is 0 Å². The molecule has 0 saturated heterocycles. The van der Waals surface area contributed by atoms with Gasteiger partial charge in [0, 0.05) is 12.6 Å². The van der Waals surface area contributed by atoms with Gasteiger partial charge in [-0.3, -0.25) is 0 Å². The second-order valence-corrected chi connectivity index (χ2v) is 8.20. The fourth-order valence-electron chi connectivity index (χ4n) is 3.53. The van der Waals surface area contributed by atoms with Crippen molar-refractivity contribution in [2.45, 2.75) is 92.2 Å². The van der Waals surface area contributed by atoms with Crippen molar-refractivity contribution in [2.24, 2.45) is 17.3 Å². The molecular weight excluding hydrogens is 258 g/mol. The SMILES string of the molecule is CCCNC1CCC(C(C)(C)C)CC1OCC(C)CCC. The van der Waals surface area contributed by atoms with Gasteiger partial charge in [0.2, 0.25) is 0 Å². The molecule has 0 bridgehead atoms. The molecule has 0 amide bonds. The Bertz CT molecular complexity index is 271. The monoisotopic (exact) mass is 297 g/mol. The lowest BCUT2D eigenvalue weighted by molar-refractivity contribution is -0.0396. The van der Waals surface area contributed by atoms with Crippen LogP contribution in [-0.4, -0.2) is 25.3 Å². The molecule has 0 aliphatic heterocycles. The zero-order valence-corrected chi connectivity index (χ0v) is 15.4. The van der Waals surface area contributed by atoms with Crippen LogP contribution in [0, 0.1) is 17.3 Å². The molecule has 1 aliphatic rings. The van der Waals surface area contributed by atoms with Crippen LogP contribution in [-0.2, 0) is 4.74 Å². The number of hydrogen-bond donors (Lipinski definition) is 1. The average molecular weight is 298 g/mol. The minimum Gasteiger partial charge on any atom is -0.376 e. The summed E-state index contributed by atoms with van der Waals surface area (Å²) in [4.78, 5) is 0. The Morgan fingerprint density at radius 2 is 1.86 bits per heavy atom. The maximum atomic E-state index is 6.37. The Kier molecular flexibility index (Phi) is 8.26. The minimum absolute atomic E-state index is 0.409. The minimum atomic E-state index is 0.409. The van der Waals surface area contributed by atoms with Crippen LogP contribution in [0.4, 0.5) is 0 Å². The Hall–Kier alpha value is -0.0800. The molecular formula is C19H39NO. The molecule has 0 aromatic carbocycles. The smallest absolute Gasteiger partial charge is 0.0731 e. The van der Waals surface area contributed by atoms with Crippen molar-refractivity contribution in [3.05, 3.63) is 0 Å². The van der Waals surface area contributed by atoms with Crippen LogP contribution in [0.5, 0.6) is 0 Å². The quantitative estimate of drug-likeness (QED) is 0.679. The highest BCUT2D eigenvalue weighted by molar-refractivity contribution is 4.90. The van der Waals surface area contributed by atoms with E-state index in [0.29, 0.717) is 23.5 Å². The Morgan fingerprint density at radius 3 is 2.43 bits per heavy atom. The molecule has 1 N–H and O–H groups in total. The van der Waals surface area contributed by atoms with Crippen molar-refractivity contribution in [2.75, 3.05) is 13.2 Å². The first-order chi connectivity index (χ1) is 9.88. The predicted molar refractivity (Wildman–Crippen MR) is 92.7 cm³/mol. The lowest BCUT2D eigenvalue weighted by Gasteiger charge is -2.42. The van der Waals surface area contributed by atoms with Gasteiger partial charge >= 0.3 is 0 Å². The highest BCUT2D eigenvalue weighted by Gasteiger charge is 2.36. The van der Waals surface area contributed by atoms with Gasteiger partial charge in [-0.2, -0.15) is 0 Å². The summed E-state index contributed by atoms with van der Waals surface area (Å²) >= 11 is 0. The molecule has 1 fully saturated rings. The fourth-order valence-corrected chi connectivity index (χ4v) is 3.53. The normalized spacial score (nSPS) is 28.6. The summed E-state index contributed by atoms with van der Waals surface area (Å²) in [6, 6.07) is 0.567. The van der Waals surface area contributed by atoms with Gasteiger partial charge in [0.15, 0.2) is 0 Å². The van der Waals surface area contributed by atoms with Crippen molar-refractivity contribution in [1.29, 1.82) is 0 Å². The topological polar surface area (TPSA) is 21.3 Å². The zero-order chi connectivity index (χ0) is 15.9. The molecule has 0 aromatic rings. The number of hydrogen-bond acceptors (Lipinski definition) is 2. The molecule has 1 saturated carbocycles. The maximum absolute atomic E-state index is 6.37. The summed E-state index contributed by atoms with van der Waals surface area (Å²) in [5.74, 6) is 1.49. The predicted octanol–water partition coefficient (Wildman–Crippen LogP) is 5.02. The molecule has 0 spiro atoms. The van der Waals surface area contributed by atoms with Crippen molar-refractivity contribution < 1.29 is 4.74 Å². The molecule has 0 aromatic heterocycles. The van der Waals surface area contributed by atoms with Crippen LogP contribution in [0.3, 0.4) is 0 Å². The summed E-state index contributed by atoms with van der Waals surface area (Å²) in [5.41, 5.74) is 0.409. The number of nitrogens with one attached hydrogen (secondary N) is 1. The molecule has 2 nitrogen and oxygen atoms in total. The van der Waals surface area contributed by atoms with Crippen LogP contribution < -0.4 is 5.32 Å². The lowest BCUT2D eigenvalue weighted by atomic mass is 9.70. The highest BCUT2D eigenvalue weighted by Crippen LogP contribution is 2.39. The molecule has 2 heteroatoms. The van der Waals surface area contributed by atoms with E-state index in [4.69, 9.17) is 4.74 Å². The molecule has 4 atom stereocenters. The van der Waals surface area contributed by atoms with E-state index < -0.39 is 0 Å². The Balaban J connectivity index is 2.56. The van der Waals surface area contributed by atoms with Gasteiger partial charge in [-0.1, -0.05) is 48.0 Å². The first kappa shape index (κ1) is 19.0. The largest absolute Gasteiger partial charge is 0.376 e. The molecule has 0 heterocycles. The van der Waals surface area contributed by atoms with Crippen LogP contribution in [0.15, 0.2) is 0 Å². The van der Waals surface area contributed by atoms with Gasteiger partial charge in [0.05, 0.1) is 6.10 Å². The summed E-state index contributed by atoms with van der Waals surface area (Å²) in [6.45, 7) is 16.0. The molecule has 126 valence electrons. The average Bonchev–Trinajstić information content (AvgIpc) is 2.42. The summed E-state index contributed by atoms with van der Waals surface area (Å²) < 4.78 is 6.37. The summed E-state index contributed by atoms with van der Waals surface area (Å²) in [5, 5.41) is 3.72. The Morgan fingerprint density at radius 1 is 1.14 bits per heavy atom. The van der Waals surface area contributed by atoms with Gasteiger partial charge in [-0.05, 0) is 55.9 Å². The van der Waals surface area contributed by atoms with Crippen molar-refractivity contribution in [3.8, 4) is 0 Å². The van der Waals surface area contributed by atoms with E-state index in [-0.39, 0.29) is 0 Å². The fraction of sp³-hybridized carbons (Fsp3) is 1.00. The molecule has 1 aliphatic carbocycles. The van der Waals surface area contributed by atoms with E-state index in [2.05, 4.69) is 46.9 Å². The van der Waals surface area contributed by atoms with E-state index >= 15 is 0 Å². The second-order valence-electron chi connectivity index (χ2n) is 8.20. The molecule has 1 rings (SSSR count). The third-order valence-electron chi connectivity index (χ3n) is 5.05. The van der Waals surface area contributed by atoms with Gasteiger partial charge in [0.1, 0.15) is 0 Å². The van der Waals surface area contributed by atoms with Gasteiger partial charge in [-0.25, -0.2) is 0 Å². The van der Waals surface area contributed by atoms with E-state index in [1.54, 1.807) is 0 Å². The van der Waals surface area contributed by atoms with Gasteiger partial charge < -0.3 is 10.1 Å².